The molecule has 0 aliphatic carbocycles. The summed E-state index contributed by atoms with van der Waals surface area (Å²) in [6, 6.07) is 6.49. The van der Waals surface area contributed by atoms with Gasteiger partial charge in [0.05, 0.1) is 53.3 Å². The number of hydrogen-bond donors (Lipinski definition) is 4. The zero-order valence-corrected chi connectivity index (χ0v) is 45.8. The molecule has 0 saturated carbocycles. The number of cyclic esters (lactones) is 1. The Hall–Kier alpha value is -2.28. The normalized spacial score (nSPS) is 40.4. The van der Waals surface area contributed by atoms with E-state index < -0.39 is 126 Å². The molecule has 1 aromatic carbocycles. The molecule has 3 aliphatic heterocycles. The molecular weight excluding hydrogens is 1020 g/mol. The molecule has 3 fully saturated rings. The highest BCUT2D eigenvalue weighted by atomic mass is 127. The van der Waals surface area contributed by atoms with Gasteiger partial charge in [-0.3, -0.25) is 9.59 Å². The summed E-state index contributed by atoms with van der Waals surface area (Å²) in [5.41, 5.74) is -2.92. The number of rotatable bonds is 15. The van der Waals surface area contributed by atoms with E-state index in [1.54, 1.807) is 54.8 Å². The third-order valence-electron chi connectivity index (χ3n) is 16.1. The summed E-state index contributed by atoms with van der Waals surface area (Å²) in [7, 11) is 6.48. The van der Waals surface area contributed by atoms with E-state index in [4.69, 9.17) is 33.2 Å². The highest BCUT2D eigenvalue weighted by molar-refractivity contribution is 14.1. The minimum atomic E-state index is -1.99. The number of ketones is 1. The standard InChI is InChI=1S/C51H82FIN4O13/c1-15-39-51(10,63)44(60)31(6)41(58)27(2)23-50(9,66-14)46(29(4)40(30(5)47(62)69-39)38-24-49(8,65-13)45(61)32(7)68-38)70-48-42(59)36(22-28(3)67-48)56(11)21-20-35-26-57(55-54-35)37(25-52)43(64-12)33-16-18-34(53)19-17-33/h16-19,26-32,36-40,42-46,48,59-61,63H,15,20-25H2,1-14H3/t27-,28-,29+,30-,31+,32+,36+,37-,38-,39-,40?,42-,43-,44-,45+,46-,48+,49-,50-,51-/m1/s1. The molecule has 17 nitrogen and oxygen atoms in total. The van der Waals surface area contributed by atoms with Gasteiger partial charge in [-0.25, -0.2) is 9.07 Å². The lowest BCUT2D eigenvalue weighted by Gasteiger charge is -2.52. The van der Waals surface area contributed by atoms with Crippen molar-refractivity contribution in [3.05, 3.63) is 45.3 Å². The minimum Gasteiger partial charge on any atom is -0.459 e. The Morgan fingerprint density at radius 2 is 1.59 bits per heavy atom. The SMILES string of the molecule is CC[C@H]1OC(=O)[C@H](C)C([C@H]2C[C@@](C)(OC)[C@@H](O)[C@H](C)O2)[C@H](C)[C@@H](O[C@@H]2O[C@H](C)C[C@H](N(C)CCc3cn([C@H](CF)[C@H](OC)c4ccc(I)cc4)nn3)[C@H]2O)[C@](C)(OC)C[C@@H](C)C(=O)[C@H](C)[C@@H](O)[C@]1(C)O. The number of aliphatic hydroxyl groups excluding tert-OH is 3. The molecule has 70 heavy (non-hydrogen) atoms. The van der Waals surface area contributed by atoms with Crippen molar-refractivity contribution in [3.63, 3.8) is 0 Å². The average molecular weight is 1110 g/mol. The number of carbonyl (C=O) groups is 2. The summed E-state index contributed by atoms with van der Waals surface area (Å²) in [4.78, 5) is 30.9. The number of alkyl halides is 1. The Labute approximate surface area is 427 Å². The van der Waals surface area contributed by atoms with E-state index in [1.165, 1.54) is 25.8 Å². The molecule has 0 radical (unpaired) electrons. The maximum absolute atomic E-state index is 14.7. The van der Waals surface area contributed by atoms with Crippen LogP contribution >= 0.6 is 22.6 Å². The van der Waals surface area contributed by atoms with Gasteiger partial charge < -0.3 is 58.5 Å². The third-order valence-corrected chi connectivity index (χ3v) is 16.8. The fourth-order valence-corrected chi connectivity index (χ4v) is 11.9. The van der Waals surface area contributed by atoms with Gasteiger partial charge in [-0.15, -0.1) is 5.10 Å². The van der Waals surface area contributed by atoms with Crippen molar-refractivity contribution < 1.29 is 67.6 Å². The predicted molar refractivity (Wildman–Crippen MR) is 266 cm³/mol. The lowest BCUT2D eigenvalue weighted by atomic mass is 9.67. The molecule has 4 heterocycles. The zero-order chi connectivity index (χ0) is 52.2. The Morgan fingerprint density at radius 1 is 0.943 bits per heavy atom. The number of nitrogens with zero attached hydrogens (tertiary/aromatic N) is 4. The maximum atomic E-state index is 14.7. The highest BCUT2D eigenvalue weighted by Crippen LogP contribution is 2.46. The number of halogens is 2. The molecule has 2 aromatic rings. The Morgan fingerprint density at radius 3 is 2.17 bits per heavy atom. The number of aromatic nitrogens is 3. The van der Waals surface area contributed by atoms with Gasteiger partial charge in [-0.2, -0.15) is 0 Å². The summed E-state index contributed by atoms with van der Waals surface area (Å²) in [6.45, 7) is 17.0. The number of esters is 1. The van der Waals surface area contributed by atoms with Crippen molar-refractivity contribution in [2.45, 2.75) is 191 Å². The fraction of sp³-hybridized carbons (Fsp3) is 0.804. The van der Waals surface area contributed by atoms with E-state index in [2.05, 4.69) is 32.9 Å². The van der Waals surface area contributed by atoms with Crippen molar-refractivity contribution in [3.8, 4) is 0 Å². The van der Waals surface area contributed by atoms with Crippen molar-refractivity contribution in [2.75, 3.05) is 41.6 Å². The lowest BCUT2D eigenvalue weighted by molar-refractivity contribution is -0.305. The summed E-state index contributed by atoms with van der Waals surface area (Å²) in [5, 5.41) is 55.8. The molecule has 20 atom stereocenters. The van der Waals surface area contributed by atoms with Crippen LogP contribution in [0.15, 0.2) is 30.5 Å². The van der Waals surface area contributed by atoms with Gasteiger partial charge in [-0.05, 0) is 107 Å². The number of aliphatic hydroxyl groups is 4. The molecule has 3 aliphatic rings. The van der Waals surface area contributed by atoms with E-state index in [0.29, 0.717) is 25.1 Å². The van der Waals surface area contributed by atoms with Gasteiger partial charge in [0.2, 0.25) is 0 Å². The van der Waals surface area contributed by atoms with E-state index >= 15 is 0 Å². The van der Waals surface area contributed by atoms with Crippen LogP contribution in [0.5, 0.6) is 0 Å². The van der Waals surface area contributed by atoms with Crippen LogP contribution in [0, 0.1) is 33.2 Å². The Bertz CT molecular complexity index is 2000. The molecule has 0 amide bonds. The van der Waals surface area contributed by atoms with Crippen LogP contribution in [-0.4, -0.2) is 172 Å². The first-order valence-electron chi connectivity index (χ1n) is 24.8. The highest BCUT2D eigenvalue weighted by Gasteiger charge is 2.56. The molecule has 19 heteroatoms. The maximum Gasteiger partial charge on any atom is 0.309 e. The van der Waals surface area contributed by atoms with Crippen LogP contribution in [0.3, 0.4) is 0 Å². The number of Topliss-reactive ketones (excluding diaryl/α,β-unsaturated/α-hetero) is 1. The smallest absolute Gasteiger partial charge is 0.309 e. The number of carbonyl (C=O) groups excluding carboxylic acids is 2. The number of methoxy groups -OCH3 is 3. The van der Waals surface area contributed by atoms with Crippen LogP contribution in [0.4, 0.5) is 4.39 Å². The molecule has 3 saturated heterocycles. The Kier molecular flexibility index (Phi) is 20.4. The van der Waals surface area contributed by atoms with E-state index in [1.807, 2.05) is 57.0 Å². The average Bonchev–Trinajstić information content (AvgIpc) is 3.80. The zero-order valence-electron chi connectivity index (χ0n) is 43.7. The molecule has 0 bridgehead atoms. The van der Waals surface area contributed by atoms with E-state index in [0.717, 1.165) is 9.13 Å². The van der Waals surface area contributed by atoms with Gasteiger partial charge >= 0.3 is 5.97 Å². The lowest BCUT2D eigenvalue weighted by Crippen LogP contribution is -2.62. The largest absolute Gasteiger partial charge is 0.459 e. The molecule has 398 valence electrons. The second-order valence-corrected chi connectivity index (χ2v) is 22.3. The summed E-state index contributed by atoms with van der Waals surface area (Å²) >= 11 is 2.22. The van der Waals surface area contributed by atoms with Crippen LogP contribution in [0.1, 0.15) is 118 Å². The third kappa shape index (κ3) is 12.6. The molecule has 0 spiro atoms. The fourth-order valence-electron chi connectivity index (χ4n) is 11.6. The van der Waals surface area contributed by atoms with Gasteiger partial charge in [0.25, 0.3) is 0 Å². The van der Waals surface area contributed by atoms with Crippen molar-refractivity contribution in [2.24, 2.45) is 29.6 Å². The first-order chi connectivity index (χ1) is 32.8. The second-order valence-electron chi connectivity index (χ2n) is 21.1. The summed E-state index contributed by atoms with van der Waals surface area (Å²) in [5.74, 6) is -5.16. The van der Waals surface area contributed by atoms with Crippen LogP contribution in [-0.2, 0) is 49.2 Å². The molecule has 5 rings (SSSR count). The van der Waals surface area contributed by atoms with E-state index in [-0.39, 0.29) is 31.1 Å². The molecular formula is C51H82FIN4O13. The monoisotopic (exact) mass is 1100 g/mol. The predicted octanol–water partition coefficient (Wildman–Crippen LogP) is 5.42. The summed E-state index contributed by atoms with van der Waals surface area (Å²) in [6.07, 6.45) is -6.61. The van der Waals surface area contributed by atoms with Crippen LogP contribution < -0.4 is 0 Å². The molecule has 1 unspecified atom stereocenters. The number of hydrogen-bond acceptors (Lipinski definition) is 16. The van der Waals surface area contributed by atoms with E-state index in [9.17, 15) is 34.4 Å². The van der Waals surface area contributed by atoms with Gasteiger partial charge in [0.1, 0.15) is 48.5 Å². The Balaban J connectivity index is 1.49. The summed E-state index contributed by atoms with van der Waals surface area (Å²) < 4.78 is 61.6. The number of likely N-dealkylation sites (N-methyl/N-ethyl adjacent to an activating group) is 1. The molecule has 1 aromatic heterocycles. The molecule has 4 N–H and O–H groups in total. The first-order valence-corrected chi connectivity index (χ1v) is 25.9. The minimum absolute atomic E-state index is 0.0806. The van der Waals surface area contributed by atoms with Crippen molar-refractivity contribution >= 4 is 34.3 Å². The van der Waals surface area contributed by atoms with Gasteiger partial charge in [0.15, 0.2) is 6.29 Å². The van der Waals surface area contributed by atoms with Gasteiger partial charge in [0, 0.05) is 74.3 Å². The van der Waals surface area contributed by atoms with Gasteiger partial charge in [-0.1, -0.05) is 52.0 Å². The topological polar surface area (TPSA) is 214 Å². The number of benzene rings is 1. The second kappa shape index (κ2) is 24.4. The van der Waals surface area contributed by atoms with Crippen LogP contribution in [0.25, 0.3) is 0 Å². The van der Waals surface area contributed by atoms with Crippen LogP contribution in [0.2, 0.25) is 0 Å². The van der Waals surface area contributed by atoms with Crippen molar-refractivity contribution in [1.82, 2.24) is 19.9 Å². The quantitative estimate of drug-likeness (QED) is 0.130. The first kappa shape index (κ1) is 58.6. The van der Waals surface area contributed by atoms with Crippen molar-refractivity contribution in [1.29, 1.82) is 0 Å². The number of ether oxygens (including phenoxy) is 7.